The Kier molecular flexibility index (Phi) is 12.4. The van der Waals surface area contributed by atoms with Crippen molar-refractivity contribution in [3.63, 3.8) is 0 Å². The zero-order valence-electron chi connectivity index (χ0n) is 33.2. The number of benzene rings is 4. The third-order valence-corrected chi connectivity index (χ3v) is 11.0. The van der Waals surface area contributed by atoms with Crippen molar-refractivity contribution in [1.82, 2.24) is 4.98 Å². The van der Waals surface area contributed by atoms with Gasteiger partial charge in [-0.1, -0.05) is 91.0 Å². The van der Waals surface area contributed by atoms with E-state index >= 15 is 0 Å². The Morgan fingerprint density at radius 3 is 2.32 bits per heavy atom. The van der Waals surface area contributed by atoms with Crippen LogP contribution in [0.25, 0.3) is 17.7 Å². The molecular weight excluding hydrogens is 751 g/mol. The van der Waals surface area contributed by atoms with Crippen molar-refractivity contribution >= 4 is 58.6 Å². The van der Waals surface area contributed by atoms with Gasteiger partial charge >= 0.3 is 11.9 Å². The highest BCUT2D eigenvalue weighted by Crippen LogP contribution is 2.29. The number of carboxylic acids is 2. The second-order valence-electron chi connectivity index (χ2n) is 14.7. The van der Waals surface area contributed by atoms with Gasteiger partial charge in [-0.05, 0) is 131 Å². The van der Waals surface area contributed by atoms with Crippen LogP contribution in [0.1, 0.15) is 52.4 Å². The predicted octanol–water partition coefficient (Wildman–Crippen LogP) is 8.18. The Morgan fingerprint density at radius 1 is 0.783 bits per heavy atom. The first-order valence-electron chi connectivity index (χ1n) is 19.7. The number of carbonyl (C=O) groups excluding carboxylic acids is 2. The maximum Gasteiger partial charge on any atom is 0.335 e. The molecule has 2 heterocycles. The predicted molar refractivity (Wildman–Crippen MR) is 235 cm³/mol. The molecule has 60 heavy (non-hydrogen) atoms. The quantitative estimate of drug-likeness (QED) is 0.0988. The van der Waals surface area contributed by atoms with Gasteiger partial charge in [-0.15, -0.1) is 0 Å². The Labute approximate surface area is 347 Å². The molecule has 1 aromatic heterocycles. The topological polar surface area (TPSA) is 146 Å². The van der Waals surface area contributed by atoms with Crippen molar-refractivity contribution in [3.8, 4) is 0 Å². The molecule has 4 N–H and O–H groups in total. The Morgan fingerprint density at radius 2 is 1.55 bits per heavy atom. The van der Waals surface area contributed by atoms with Crippen molar-refractivity contribution < 1.29 is 29.4 Å². The van der Waals surface area contributed by atoms with Gasteiger partial charge in [0.25, 0.3) is 0 Å². The largest absolute Gasteiger partial charge is 0.481 e. The van der Waals surface area contributed by atoms with Crippen molar-refractivity contribution in [2.24, 2.45) is 5.92 Å². The third kappa shape index (κ3) is 8.77. The normalized spacial score (nSPS) is 15.3. The van der Waals surface area contributed by atoms with Gasteiger partial charge < -0.3 is 20.8 Å². The number of para-hydroxylation sites is 2. The number of aryl methyl sites for hydroxylation is 1. The third-order valence-electron chi connectivity index (χ3n) is 11.0. The average molecular weight is 794 g/mol. The Balaban J connectivity index is 0.000000171. The van der Waals surface area contributed by atoms with E-state index in [-0.39, 0.29) is 22.5 Å². The van der Waals surface area contributed by atoms with E-state index in [0.29, 0.717) is 5.56 Å². The van der Waals surface area contributed by atoms with Crippen LogP contribution in [0, 0.1) is 23.3 Å². The lowest BCUT2D eigenvalue weighted by Crippen LogP contribution is -2.25. The van der Waals surface area contributed by atoms with Crippen molar-refractivity contribution in [1.29, 1.82) is 0 Å². The van der Waals surface area contributed by atoms with E-state index in [2.05, 4.69) is 89.3 Å². The van der Waals surface area contributed by atoms with E-state index in [1.54, 1.807) is 6.20 Å². The summed E-state index contributed by atoms with van der Waals surface area (Å²) in [6.45, 7) is 3.44. The molecule has 9 heteroatoms. The van der Waals surface area contributed by atoms with Gasteiger partial charge in [-0.3, -0.25) is 9.59 Å². The van der Waals surface area contributed by atoms with Crippen LogP contribution < -0.4 is 21.1 Å². The molecule has 0 spiro atoms. The van der Waals surface area contributed by atoms with Gasteiger partial charge in [0.15, 0.2) is 5.78 Å². The molecular formula is C51H43N3O6. The van der Waals surface area contributed by atoms with E-state index in [4.69, 9.17) is 10.2 Å². The van der Waals surface area contributed by atoms with Crippen LogP contribution in [-0.2, 0) is 27.2 Å². The lowest BCUT2D eigenvalue weighted by atomic mass is 9.84. The van der Waals surface area contributed by atoms with Crippen LogP contribution in [0.3, 0.4) is 0 Å². The molecule has 1 aliphatic heterocycles. The number of nitrogens with zero attached hydrogens (tertiary/aromatic N) is 1. The number of ketones is 1. The number of anilines is 3. The highest BCUT2D eigenvalue weighted by molar-refractivity contribution is 6.24. The minimum absolute atomic E-state index is 0.0648. The highest BCUT2D eigenvalue weighted by Gasteiger charge is 2.30. The number of Topliss-reactive ketones (excluding diaryl/α,β-unsaturated/α-hetero) is 1. The summed E-state index contributed by atoms with van der Waals surface area (Å²) in [6.07, 6.45) is 18.2. The molecule has 0 bridgehead atoms. The minimum Gasteiger partial charge on any atom is -0.481 e. The smallest absolute Gasteiger partial charge is 0.335 e. The van der Waals surface area contributed by atoms with Crippen LogP contribution in [0.15, 0.2) is 150 Å². The van der Waals surface area contributed by atoms with Crippen molar-refractivity contribution in [2.45, 2.75) is 39.5 Å². The summed E-state index contributed by atoms with van der Waals surface area (Å²) in [5.74, 6) is -1.34. The minimum atomic E-state index is -1.26. The van der Waals surface area contributed by atoms with Gasteiger partial charge in [-0.25, -0.2) is 14.6 Å². The van der Waals surface area contributed by atoms with Gasteiger partial charge in [0.2, 0.25) is 0 Å². The molecule has 0 amide bonds. The number of aromatic nitrogens is 1. The van der Waals surface area contributed by atoms with Gasteiger partial charge in [0.05, 0.1) is 11.1 Å². The molecule has 0 saturated carbocycles. The molecule has 0 saturated heterocycles. The zero-order chi connectivity index (χ0) is 42.2. The lowest BCUT2D eigenvalue weighted by Gasteiger charge is -2.20. The lowest BCUT2D eigenvalue weighted by molar-refractivity contribution is -0.139. The average Bonchev–Trinajstić information content (AvgIpc) is 3.53. The van der Waals surface area contributed by atoms with Crippen LogP contribution in [-0.4, -0.2) is 38.9 Å². The molecule has 9 rings (SSSR count). The fourth-order valence-electron chi connectivity index (χ4n) is 7.89. The molecule has 4 aromatic carbocycles. The number of allylic oxidation sites excluding steroid dienone is 3. The van der Waals surface area contributed by atoms with Gasteiger partial charge in [0.1, 0.15) is 17.7 Å². The van der Waals surface area contributed by atoms with E-state index in [1.165, 1.54) is 57.4 Å². The summed E-state index contributed by atoms with van der Waals surface area (Å²) in [4.78, 5) is 50.1. The second-order valence-corrected chi connectivity index (χ2v) is 14.7. The molecule has 1 unspecified atom stereocenters. The second kappa shape index (κ2) is 18.3. The first-order chi connectivity index (χ1) is 29.1. The maximum atomic E-state index is 13.5. The molecule has 3 aliphatic carbocycles. The number of hydrogen-bond acceptors (Lipinski definition) is 7. The maximum absolute atomic E-state index is 13.5. The van der Waals surface area contributed by atoms with Crippen LogP contribution in [0.2, 0.25) is 0 Å². The standard InChI is InChI=1S/C31H26N2O.C10H9N.C10H8O5/c1-20-7-2-5-12-29(20)33-30-18-14-22(19-32-30)31(34)28-11-6-10-24-26-15-13-21-8-3-4-9-23(21)25(26)16-17-27(24)28;1-2-7-10-9(5-1)6-3-4-8-11-10;1-5-7(9(12)13)3-2-6(4-11)8(5)10(14)15/h2-5,7-9,12-14,16-19H,6,10-11,15H2,1H3,(H,32,33);1-8,11H;2-3,8H,1H3,(H,12,13)(H,14,15). The molecule has 298 valence electrons. The monoisotopic (exact) mass is 793 g/mol. The number of carboxylic acid groups (broad SMARTS) is 2. The van der Waals surface area contributed by atoms with E-state index < -0.39 is 17.9 Å². The summed E-state index contributed by atoms with van der Waals surface area (Å²) in [5.41, 5.74) is 8.85. The first kappa shape index (κ1) is 40.6. The molecule has 1 atom stereocenters. The molecule has 5 aromatic rings. The first-order valence-corrected chi connectivity index (χ1v) is 19.7. The SMILES string of the molecule is C1=CNc2ccccc2C=C1.CC1=C(C(=O)O)C=CC(=C=O)C1C(=O)O.Cc1ccccc1Nc1ccc(C(=O)C2=c3ccc4c(c3CCC2)CC=c2ccccc2=4)cn1. The van der Waals surface area contributed by atoms with Crippen LogP contribution in [0.4, 0.5) is 17.2 Å². The summed E-state index contributed by atoms with van der Waals surface area (Å²) < 4.78 is 0. The summed E-state index contributed by atoms with van der Waals surface area (Å²) in [5, 5.41) is 29.2. The highest BCUT2D eigenvalue weighted by atomic mass is 16.4. The number of nitrogens with one attached hydrogen (secondary N) is 2. The Bertz CT molecular complexity index is 2930. The Hall–Kier alpha value is -7.61. The number of rotatable bonds is 6. The van der Waals surface area contributed by atoms with Crippen LogP contribution >= 0.6 is 0 Å². The van der Waals surface area contributed by atoms with E-state index in [0.717, 1.165) is 59.2 Å². The summed E-state index contributed by atoms with van der Waals surface area (Å²) in [7, 11) is 0. The summed E-state index contributed by atoms with van der Waals surface area (Å²) in [6, 6.07) is 33.1. The van der Waals surface area contributed by atoms with Gasteiger partial charge in [0, 0.05) is 34.9 Å². The fourth-order valence-corrected chi connectivity index (χ4v) is 7.89. The zero-order valence-corrected chi connectivity index (χ0v) is 33.2. The number of carbonyl (C=O) groups is 3. The van der Waals surface area contributed by atoms with Crippen LogP contribution in [0.5, 0.6) is 0 Å². The number of fused-ring (bicyclic) bond motifs is 5. The molecule has 4 aliphatic rings. The van der Waals surface area contributed by atoms with Gasteiger partial charge in [-0.2, -0.15) is 0 Å². The number of hydrogen-bond donors (Lipinski definition) is 4. The molecule has 9 nitrogen and oxygen atoms in total. The summed E-state index contributed by atoms with van der Waals surface area (Å²) >= 11 is 0. The van der Waals surface area contributed by atoms with Crippen molar-refractivity contribution in [3.05, 3.63) is 199 Å². The van der Waals surface area contributed by atoms with Crippen molar-refractivity contribution in [2.75, 3.05) is 10.6 Å². The number of pyridine rings is 1. The van der Waals surface area contributed by atoms with E-state index in [9.17, 15) is 19.2 Å². The molecule has 0 radical (unpaired) electrons. The fraction of sp³-hybridized carbons (Fsp3) is 0.137. The number of aliphatic carboxylic acids is 2. The van der Waals surface area contributed by atoms with E-state index in [1.807, 2.05) is 60.8 Å². The molecule has 0 fully saturated rings.